The van der Waals surface area contributed by atoms with Crippen LogP contribution in [-0.2, 0) is 15.9 Å². The van der Waals surface area contributed by atoms with E-state index in [4.69, 9.17) is 9.66 Å². The smallest absolute Gasteiger partial charge is 0.269 e. The first-order valence-corrected chi connectivity index (χ1v) is 4.82. The summed E-state index contributed by atoms with van der Waals surface area (Å²) in [6, 6.07) is 5.95. The van der Waals surface area contributed by atoms with Crippen molar-refractivity contribution in [3.63, 3.8) is 0 Å². The van der Waals surface area contributed by atoms with E-state index in [1.54, 1.807) is 12.1 Å². The van der Waals surface area contributed by atoms with Crippen molar-refractivity contribution in [1.82, 2.24) is 0 Å². The molecule has 0 saturated carbocycles. The highest BCUT2D eigenvalue weighted by atomic mass is 32.2. The highest BCUT2D eigenvalue weighted by Crippen LogP contribution is 2.17. The second-order valence-electron chi connectivity index (χ2n) is 2.35. The van der Waals surface area contributed by atoms with Crippen LogP contribution in [0.3, 0.4) is 0 Å². The van der Waals surface area contributed by atoms with Gasteiger partial charge in [-0.1, -0.05) is 18.2 Å². The van der Waals surface area contributed by atoms with Crippen molar-refractivity contribution in [2.24, 2.45) is 0 Å². The summed E-state index contributed by atoms with van der Waals surface area (Å²) < 4.78 is 29.3. The first-order chi connectivity index (χ1) is 5.49. The molecule has 0 aliphatic carbocycles. The number of hydrogen-bond donors (Lipinski definition) is 2. The molecule has 0 aromatic heterocycles. The molecule has 5 heteroatoms. The van der Waals surface area contributed by atoms with Crippen molar-refractivity contribution in [1.29, 1.82) is 0 Å². The molecule has 0 heterocycles. The lowest BCUT2D eigenvalue weighted by Gasteiger charge is -2.00. The third kappa shape index (κ3) is 2.52. The molecule has 0 saturated heterocycles. The second kappa shape index (κ2) is 3.12. The van der Waals surface area contributed by atoms with Gasteiger partial charge in [0.2, 0.25) is 0 Å². The van der Waals surface area contributed by atoms with E-state index >= 15 is 0 Å². The van der Waals surface area contributed by atoms with Crippen molar-refractivity contribution in [3.05, 3.63) is 29.8 Å². The van der Waals surface area contributed by atoms with Crippen LogP contribution in [0.1, 0.15) is 5.56 Å². The summed E-state index contributed by atoms with van der Waals surface area (Å²) in [5.74, 6) is -0.685. The van der Waals surface area contributed by atoms with Crippen molar-refractivity contribution in [2.75, 3.05) is 0 Å². The van der Waals surface area contributed by atoms with E-state index in [0.717, 1.165) is 0 Å². The number of hydrogen-bond acceptors (Lipinski definition) is 3. The van der Waals surface area contributed by atoms with E-state index in [-0.39, 0.29) is 11.3 Å². The zero-order chi connectivity index (χ0) is 9.19. The van der Waals surface area contributed by atoms with E-state index in [0.29, 0.717) is 0 Å². The van der Waals surface area contributed by atoms with Gasteiger partial charge in [0.15, 0.2) is 0 Å². The van der Waals surface area contributed by atoms with Crippen molar-refractivity contribution in [3.8, 4) is 5.75 Å². The van der Waals surface area contributed by atoms with Gasteiger partial charge in [-0.3, -0.25) is 4.55 Å². The highest BCUT2D eigenvalue weighted by Gasteiger charge is 2.09. The monoisotopic (exact) mass is 188 g/mol. The van der Waals surface area contributed by atoms with E-state index in [2.05, 4.69) is 0 Å². The van der Waals surface area contributed by atoms with Crippen LogP contribution in [-0.4, -0.2) is 18.1 Å². The normalized spacial score (nSPS) is 11.4. The van der Waals surface area contributed by atoms with Crippen LogP contribution in [0.2, 0.25) is 0 Å². The first-order valence-electron chi connectivity index (χ1n) is 3.21. The standard InChI is InChI=1S/C7H8O4S/c8-7-4-2-1-3-6(7)5-12(9,10)11/h1-4,8H,5H2,(H,9,10,11). The van der Waals surface area contributed by atoms with E-state index < -0.39 is 15.9 Å². The quantitative estimate of drug-likeness (QED) is 0.672. The minimum Gasteiger partial charge on any atom is -0.508 e. The number of rotatable bonds is 2. The molecule has 12 heavy (non-hydrogen) atoms. The number of phenolic OH excluding ortho intramolecular Hbond substituents is 1. The second-order valence-corrected chi connectivity index (χ2v) is 3.81. The fourth-order valence-electron chi connectivity index (χ4n) is 0.829. The maximum Gasteiger partial charge on any atom is 0.269 e. The van der Waals surface area contributed by atoms with Crippen LogP contribution in [0.25, 0.3) is 0 Å². The lowest BCUT2D eigenvalue weighted by molar-refractivity contribution is 0.462. The van der Waals surface area contributed by atoms with Gasteiger partial charge >= 0.3 is 0 Å². The number of benzene rings is 1. The van der Waals surface area contributed by atoms with Gasteiger partial charge in [0, 0.05) is 5.56 Å². The molecule has 1 aromatic rings. The Morgan fingerprint density at radius 3 is 2.33 bits per heavy atom. The first kappa shape index (κ1) is 9.02. The van der Waals surface area contributed by atoms with Crippen LogP contribution in [0.15, 0.2) is 24.3 Å². The minimum atomic E-state index is -4.06. The minimum absolute atomic E-state index is 0.130. The SMILES string of the molecule is O=S(=O)(O)Cc1ccccc1O. The molecule has 0 amide bonds. The zero-order valence-corrected chi connectivity index (χ0v) is 6.95. The summed E-state index contributed by atoms with van der Waals surface area (Å²) in [5, 5.41) is 9.10. The van der Waals surface area contributed by atoms with Crippen molar-refractivity contribution < 1.29 is 18.1 Å². The van der Waals surface area contributed by atoms with Gasteiger partial charge in [0.25, 0.3) is 10.1 Å². The van der Waals surface area contributed by atoms with Crippen LogP contribution >= 0.6 is 0 Å². The lowest BCUT2D eigenvalue weighted by Crippen LogP contribution is -2.01. The molecule has 0 atom stereocenters. The zero-order valence-electron chi connectivity index (χ0n) is 6.14. The molecule has 0 bridgehead atoms. The molecule has 0 spiro atoms. The van der Waals surface area contributed by atoms with Gasteiger partial charge in [-0.2, -0.15) is 8.42 Å². The summed E-state index contributed by atoms with van der Waals surface area (Å²) in [4.78, 5) is 0. The molecule has 0 fully saturated rings. The average molecular weight is 188 g/mol. The summed E-state index contributed by atoms with van der Waals surface area (Å²) >= 11 is 0. The van der Waals surface area contributed by atoms with Gasteiger partial charge in [0.05, 0.1) is 0 Å². The van der Waals surface area contributed by atoms with E-state index in [1.807, 2.05) is 0 Å². The number of para-hydroxylation sites is 1. The molecule has 2 N–H and O–H groups in total. The van der Waals surface area contributed by atoms with E-state index in [9.17, 15) is 8.42 Å². The summed E-state index contributed by atoms with van der Waals surface area (Å²) in [6.07, 6.45) is 0. The van der Waals surface area contributed by atoms with Crippen LogP contribution in [0.5, 0.6) is 5.75 Å². The van der Waals surface area contributed by atoms with Crippen LogP contribution in [0.4, 0.5) is 0 Å². The molecule has 0 aliphatic rings. The Morgan fingerprint density at radius 2 is 1.83 bits per heavy atom. The van der Waals surface area contributed by atoms with Crippen LogP contribution in [0, 0.1) is 0 Å². The predicted molar refractivity (Wildman–Crippen MR) is 43.4 cm³/mol. The van der Waals surface area contributed by atoms with Crippen molar-refractivity contribution in [2.45, 2.75) is 5.75 Å². The average Bonchev–Trinajstić information content (AvgIpc) is 1.91. The van der Waals surface area contributed by atoms with Gasteiger partial charge in [-0.05, 0) is 6.07 Å². The summed E-state index contributed by atoms with van der Waals surface area (Å²) in [7, 11) is -4.06. The maximum absolute atomic E-state index is 10.4. The van der Waals surface area contributed by atoms with Gasteiger partial charge in [-0.15, -0.1) is 0 Å². The van der Waals surface area contributed by atoms with Gasteiger partial charge in [0.1, 0.15) is 11.5 Å². The van der Waals surface area contributed by atoms with E-state index in [1.165, 1.54) is 12.1 Å². The molecule has 0 aliphatic heterocycles. The molecular formula is C7H8O4S. The molecular weight excluding hydrogens is 180 g/mol. The van der Waals surface area contributed by atoms with Gasteiger partial charge < -0.3 is 5.11 Å². The molecule has 0 unspecified atom stereocenters. The lowest BCUT2D eigenvalue weighted by atomic mass is 10.2. The molecule has 4 nitrogen and oxygen atoms in total. The van der Waals surface area contributed by atoms with Gasteiger partial charge in [-0.25, -0.2) is 0 Å². The fraction of sp³-hybridized carbons (Fsp3) is 0.143. The number of aromatic hydroxyl groups is 1. The Morgan fingerprint density at radius 1 is 1.25 bits per heavy atom. The predicted octanol–water partition coefficient (Wildman–Crippen LogP) is 0.780. The van der Waals surface area contributed by atoms with Crippen molar-refractivity contribution >= 4 is 10.1 Å². The fourth-order valence-corrected chi connectivity index (χ4v) is 1.47. The third-order valence-electron chi connectivity index (χ3n) is 1.33. The van der Waals surface area contributed by atoms with Crippen LogP contribution < -0.4 is 0 Å². The highest BCUT2D eigenvalue weighted by molar-refractivity contribution is 7.85. The maximum atomic E-state index is 10.4. The molecule has 1 aromatic carbocycles. The third-order valence-corrected chi connectivity index (χ3v) is 2.01. The Bertz CT molecular complexity index is 369. The molecule has 0 radical (unpaired) electrons. The number of phenols is 1. The Hall–Kier alpha value is -1.07. The topological polar surface area (TPSA) is 74.6 Å². The largest absolute Gasteiger partial charge is 0.508 e. The molecule has 66 valence electrons. The molecule has 1 rings (SSSR count). The summed E-state index contributed by atoms with van der Waals surface area (Å²) in [5.41, 5.74) is 0.194. The Labute approximate surface area is 70.2 Å². The summed E-state index contributed by atoms with van der Waals surface area (Å²) in [6.45, 7) is 0. The Balaban J connectivity index is 2.98. The Kier molecular flexibility index (Phi) is 2.35.